The van der Waals surface area contributed by atoms with Gasteiger partial charge in [-0.3, -0.25) is 18.1 Å². The highest BCUT2D eigenvalue weighted by atomic mass is 31.2. The Kier molecular flexibility index (Phi) is 31.9. The Balaban J connectivity index is 5.76. The lowest BCUT2D eigenvalue weighted by Crippen LogP contribution is -2.32. The molecule has 0 rings (SSSR count). The molecule has 13 heteroatoms. The number of hydrogen-bond acceptors (Lipinski definition) is 9. The number of rotatable bonds is 41. The van der Waals surface area contributed by atoms with Crippen LogP contribution >= 0.6 is 15.6 Å². The summed E-state index contributed by atoms with van der Waals surface area (Å²) in [7, 11) is -9.25. The average molecular weight is 859 g/mol. The zero-order chi connectivity index (χ0) is 43.3. The highest BCUT2D eigenvalue weighted by Gasteiger charge is 2.35. The van der Waals surface area contributed by atoms with Gasteiger partial charge in [-0.1, -0.05) is 134 Å². The summed E-state index contributed by atoms with van der Waals surface area (Å²) in [5, 5.41) is 0. The molecule has 11 nitrogen and oxygen atoms in total. The van der Waals surface area contributed by atoms with Crippen LogP contribution < -0.4 is 0 Å². The summed E-state index contributed by atoms with van der Waals surface area (Å²) >= 11 is 0. The molecule has 0 aliphatic heterocycles. The molecule has 2 N–H and O–H groups in total. The predicted molar refractivity (Wildman–Crippen MR) is 235 cm³/mol. The fraction of sp³-hybridized carbons (Fsp3) is 1.00. The number of phosphoric ester groups is 2. The minimum atomic E-state index is -4.63. The minimum absolute atomic E-state index is 0.0336. The van der Waals surface area contributed by atoms with Crippen molar-refractivity contribution < 1.29 is 51.2 Å². The molecule has 0 bridgehead atoms. The molecule has 0 fully saturated rings. The maximum atomic E-state index is 13.4. The molecule has 0 spiro atoms. The molecule has 0 aliphatic carbocycles. The van der Waals surface area contributed by atoms with Gasteiger partial charge < -0.3 is 24.0 Å². The summed E-state index contributed by atoms with van der Waals surface area (Å²) in [4.78, 5) is 21.7. The molecule has 5 unspecified atom stereocenters. The summed E-state index contributed by atoms with van der Waals surface area (Å²) in [6, 6.07) is 0. The highest BCUT2D eigenvalue weighted by Crippen LogP contribution is 2.49. The molecule has 57 heavy (non-hydrogen) atoms. The third-order valence-corrected chi connectivity index (χ3v) is 13.3. The van der Waals surface area contributed by atoms with Crippen LogP contribution in [-0.4, -0.2) is 74.8 Å². The maximum Gasteiger partial charge on any atom is 0.472 e. The van der Waals surface area contributed by atoms with Gasteiger partial charge in [0.05, 0.1) is 59.0 Å². The van der Waals surface area contributed by atoms with Crippen molar-refractivity contribution in [3.63, 3.8) is 0 Å². The van der Waals surface area contributed by atoms with E-state index in [4.69, 9.17) is 32.3 Å². The van der Waals surface area contributed by atoms with Gasteiger partial charge in [0.25, 0.3) is 0 Å². The lowest BCUT2D eigenvalue weighted by Gasteiger charge is -2.34. The minimum Gasteiger partial charge on any atom is -0.381 e. The van der Waals surface area contributed by atoms with E-state index in [-0.39, 0.29) is 42.0 Å². The molecular weight excluding hydrogens is 766 g/mol. The van der Waals surface area contributed by atoms with Crippen molar-refractivity contribution in [3.8, 4) is 0 Å². The molecular formula is C44H92O11P2. The van der Waals surface area contributed by atoms with Crippen molar-refractivity contribution in [2.24, 2.45) is 22.2 Å². The molecule has 0 saturated carbocycles. The lowest BCUT2D eigenvalue weighted by molar-refractivity contribution is -0.0441. The van der Waals surface area contributed by atoms with E-state index in [1.54, 1.807) is 0 Å². The van der Waals surface area contributed by atoms with Gasteiger partial charge in [-0.05, 0) is 80.5 Å². The topological polar surface area (TPSA) is 139 Å². The molecule has 0 aromatic rings. The van der Waals surface area contributed by atoms with Gasteiger partial charge in [-0.2, -0.15) is 0 Å². The first-order chi connectivity index (χ1) is 27.1. The summed E-state index contributed by atoms with van der Waals surface area (Å²) in [5.74, 6) is -0.171. The summed E-state index contributed by atoms with van der Waals surface area (Å²) < 4.78 is 67.3. The number of ether oxygens (including phenoxy) is 3. The van der Waals surface area contributed by atoms with Crippen LogP contribution in [0.5, 0.6) is 0 Å². The van der Waals surface area contributed by atoms with Crippen molar-refractivity contribution in [3.05, 3.63) is 0 Å². The van der Waals surface area contributed by atoms with E-state index in [9.17, 15) is 18.9 Å². The van der Waals surface area contributed by atoms with Crippen LogP contribution in [-0.2, 0) is 41.4 Å². The largest absolute Gasteiger partial charge is 0.472 e. The first-order valence-corrected chi connectivity index (χ1v) is 26.1. The second-order valence-electron chi connectivity index (χ2n) is 17.3. The molecule has 0 aromatic heterocycles. The van der Waals surface area contributed by atoms with E-state index in [1.165, 1.54) is 0 Å². The normalized spacial score (nSPS) is 16.6. The van der Waals surface area contributed by atoms with Gasteiger partial charge in [0.2, 0.25) is 0 Å². The van der Waals surface area contributed by atoms with Crippen LogP contribution in [0.4, 0.5) is 0 Å². The van der Waals surface area contributed by atoms with Gasteiger partial charge in [0.15, 0.2) is 0 Å². The Labute approximate surface area is 351 Å². The highest BCUT2D eigenvalue weighted by molar-refractivity contribution is 7.47. The molecule has 0 radical (unpaired) electrons. The van der Waals surface area contributed by atoms with Gasteiger partial charge in [0.1, 0.15) is 6.10 Å². The van der Waals surface area contributed by atoms with E-state index in [2.05, 4.69) is 62.3 Å². The Morgan fingerprint density at radius 2 is 0.702 bits per heavy atom. The Bertz CT molecular complexity index is 1010. The molecule has 0 aromatic carbocycles. The van der Waals surface area contributed by atoms with E-state index in [1.807, 2.05) is 13.8 Å². The van der Waals surface area contributed by atoms with Gasteiger partial charge in [0, 0.05) is 5.92 Å². The number of phosphoric acid groups is 2. The fourth-order valence-corrected chi connectivity index (χ4v) is 11.1. The van der Waals surface area contributed by atoms with Crippen molar-refractivity contribution in [1.29, 1.82) is 0 Å². The van der Waals surface area contributed by atoms with Crippen LogP contribution in [0.15, 0.2) is 0 Å². The fourth-order valence-electron chi connectivity index (χ4n) is 9.05. The van der Waals surface area contributed by atoms with Crippen molar-refractivity contribution in [1.82, 2.24) is 0 Å². The van der Waals surface area contributed by atoms with Crippen molar-refractivity contribution in [2.45, 2.75) is 210 Å². The molecule has 5 atom stereocenters. The average Bonchev–Trinajstić information content (AvgIpc) is 3.13. The van der Waals surface area contributed by atoms with Crippen LogP contribution in [0.2, 0.25) is 0 Å². The molecule has 0 amide bonds. The maximum absolute atomic E-state index is 13.4. The second kappa shape index (κ2) is 31.9. The standard InChI is InChI=1S/C44H92O11P2/c1-12-22-42(23-13-2,24-14-3)36-49-31-39(11)32-52-56(45,46)55-41(34-51-38-44(28-18-7,29-19-8)30-20-9)35-53-57(47,48)54-40(21-10)33-50-37-43(25-15-4,26-16-5)27-17-6/h39-41H,12-38H2,1-11H3,(H,45,46)(H,47,48). The zero-order valence-corrected chi connectivity index (χ0v) is 40.6. The predicted octanol–water partition coefficient (Wildman–Crippen LogP) is 13.2. The second-order valence-corrected chi connectivity index (χ2v) is 20.1. The van der Waals surface area contributed by atoms with Crippen LogP contribution in [0.1, 0.15) is 198 Å². The van der Waals surface area contributed by atoms with Crippen LogP contribution in [0.25, 0.3) is 0 Å². The van der Waals surface area contributed by atoms with Crippen LogP contribution in [0, 0.1) is 22.2 Å². The Morgan fingerprint density at radius 1 is 0.421 bits per heavy atom. The summed E-state index contributed by atoms with van der Waals surface area (Å²) in [5.41, 5.74) is 0.195. The molecule has 344 valence electrons. The van der Waals surface area contributed by atoms with Crippen LogP contribution in [0.3, 0.4) is 0 Å². The lowest BCUT2D eigenvalue weighted by atomic mass is 9.76. The van der Waals surface area contributed by atoms with Gasteiger partial charge in [-0.15, -0.1) is 0 Å². The van der Waals surface area contributed by atoms with E-state index in [0.29, 0.717) is 32.8 Å². The molecule has 0 saturated heterocycles. The number of hydrogen-bond donors (Lipinski definition) is 2. The molecule has 0 heterocycles. The monoisotopic (exact) mass is 859 g/mol. The van der Waals surface area contributed by atoms with E-state index < -0.39 is 34.5 Å². The SMILES string of the molecule is CCCC(CCC)(CCC)COCC(C)COP(=O)(O)OC(COCC(CCC)(CCC)CCC)COP(=O)(O)OC(CC)COCC(CCC)(CCC)CCC. The third kappa shape index (κ3) is 25.0. The summed E-state index contributed by atoms with van der Waals surface area (Å²) in [6.45, 7) is 24.9. The smallest absolute Gasteiger partial charge is 0.381 e. The van der Waals surface area contributed by atoms with E-state index in [0.717, 1.165) is 116 Å². The Hall–Kier alpha value is 0.1000. The van der Waals surface area contributed by atoms with E-state index >= 15 is 0 Å². The first-order valence-electron chi connectivity index (χ1n) is 23.1. The molecule has 0 aliphatic rings. The third-order valence-electron chi connectivity index (χ3n) is 11.2. The zero-order valence-electron chi connectivity index (χ0n) is 38.8. The van der Waals surface area contributed by atoms with Crippen molar-refractivity contribution >= 4 is 15.6 Å². The van der Waals surface area contributed by atoms with Crippen molar-refractivity contribution in [2.75, 3.05) is 52.9 Å². The Morgan fingerprint density at radius 3 is 1.02 bits per heavy atom. The summed E-state index contributed by atoms with van der Waals surface area (Å²) in [6.07, 6.45) is 17.6. The van der Waals surface area contributed by atoms with Gasteiger partial charge in [-0.25, -0.2) is 9.13 Å². The van der Waals surface area contributed by atoms with Gasteiger partial charge >= 0.3 is 15.6 Å². The first kappa shape index (κ1) is 57.1. The quantitative estimate of drug-likeness (QED) is 0.0568.